The summed E-state index contributed by atoms with van der Waals surface area (Å²) < 4.78 is 0. The van der Waals surface area contributed by atoms with E-state index in [0.29, 0.717) is 6.04 Å². The van der Waals surface area contributed by atoms with Crippen LogP contribution in [-0.4, -0.2) is 49.6 Å². The van der Waals surface area contributed by atoms with Crippen molar-refractivity contribution in [2.75, 3.05) is 26.7 Å². The number of piperidine rings is 1. The Morgan fingerprint density at radius 3 is 2.88 bits per heavy atom. The molecule has 0 bridgehead atoms. The quantitative estimate of drug-likeness (QED) is 0.728. The first kappa shape index (κ1) is 14.5. The van der Waals surface area contributed by atoms with Crippen molar-refractivity contribution in [2.24, 2.45) is 0 Å². The summed E-state index contributed by atoms with van der Waals surface area (Å²) in [5.41, 5.74) is 0. The maximum atomic E-state index is 11.8. The minimum Gasteiger partial charge on any atom is -0.353 e. The molecule has 0 aromatic heterocycles. The summed E-state index contributed by atoms with van der Waals surface area (Å²) in [5.74, 6) is 0.169. The van der Waals surface area contributed by atoms with E-state index in [0.717, 1.165) is 38.9 Å². The standard InChI is InChI=1S/C13H27N3O/c1-4-11(2)16(3)10-9-15-13(17)12-7-5-6-8-14-12/h11-12,14H,4-10H2,1-3H3,(H,15,17)/t11?,12-/m0/s1. The van der Waals surface area contributed by atoms with Gasteiger partial charge >= 0.3 is 0 Å². The van der Waals surface area contributed by atoms with E-state index >= 15 is 0 Å². The van der Waals surface area contributed by atoms with Crippen molar-refractivity contribution in [1.82, 2.24) is 15.5 Å². The van der Waals surface area contributed by atoms with E-state index < -0.39 is 0 Å². The van der Waals surface area contributed by atoms with Gasteiger partial charge in [0.1, 0.15) is 0 Å². The van der Waals surface area contributed by atoms with Gasteiger partial charge in [-0.2, -0.15) is 0 Å². The van der Waals surface area contributed by atoms with E-state index in [-0.39, 0.29) is 11.9 Å². The summed E-state index contributed by atoms with van der Waals surface area (Å²) in [6.07, 6.45) is 4.49. The number of carbonyl (C=O) groups excluding carboxylic acids is 1. The summed E-state index contributed by atoms with van der Waals surface area (Å²) in [5, 5.41) is 6.28. The van der Waals surface area contributed by atoms with Crippen LogP contribution in [0.1, 0.15) is 39.5 Å². The molecule has 1 rings (SSSR count). The van der Waals surface area contributed by atoms with E-state index in [4.69, 9.17) is 0 Å². The SMILES string of the molecule is CCC(C)N(C)CCNC(=O)[C@@H]1CCCCN1. The van der Waals surface area contributed by atoms with Gasteiger partial charge in [0, 0.05) is 19.1 Å². The number of nitrogens with zero attached hydrogens (tertiary/aromatic N) is 1. The molecule has 17 heavy (non-hydrogen) atoms. The van der Waals surface area contributed by atoms with E-state index in [9.17, 15) is 4.79 Å². The molecule has 1 aliphatic heterocycles. The molecule has 4 heteroatoms. The van der Waals surface area contributed by atoms with Gasteiger partial charge in [0.05, 0.1) is 6.04 Å². The third-order valence-corrected chi connectivity index (χ3v) is 3.73. The molecule has 2 N–H and O–H groups in total. The topological polar surface area (TPSA) is 44.4 Å². The van der Waals surface area contributed by atoms with Crippen LogP contribution in [0.15, 0.2) is 0 Å². The average molecular weight is 241 g/mol. The molecule has 1 saturated heterocycles. The second kappa shape index (κ2) is 7.67. The Balaban J connectivity index is 2.15. The lowest BCUT2D eigenvalue weighted by molar-refractivity contribution is -0.123. The Morgan fingerprint density at radius 2 is 2.29 bits per heavy atom. The molecule has 0 radical (unpaired) electrons. The molecule has 0 aromatic carbocycles. The van der Waals surface area contributed by atoms with Crippen LogP contribution in [0.4, 0.5) is 0 Å². The minimum atomic E-state index is 0.0395. The highest BCUT2D eigenvalue weighted by atomic mass is 16.2. The highest BCUT2D eigenvalue weighted by Crippen LogP contribution is 2.06. The fourth-order valence-electron chi connectivity index (χ4n) is 2.09. The molecule has 0 saturated carbocycles. The van der Waals surface area contributed by atoms with Crippen molar-refractivity contribution in [3.8, 4) is 0 Å². The zero-order chi connectivity index (χ0) is 12.7. The van der Waals surface area contributed by atoms with Crippen LogP contribution in [0.3, 0.4) is 0 Å². The van der Waals surface area contributed by atoms with Gasteiger partial charge < -0.3 is 15.5 Å². The summed E-state index contributed by atoms with van der Waals surface area (Å²) in [4.78, 5) is 14.1. The Bertz CT molecular complexity index is 227. The van der Waals surface area contributed by atoms with Gasteiger partial charge in [0.15, 0.2) is 0 Å². The molecular formula is C13H27N3O. The molecule has 1 amide bonds. The van der Waals surface area contributed by atoms with Crippen LogP contribution in [0.5, 0.6) is 0 Å². The van der Waals surface area contributed by atoms with Crippen LogP contribution < -0.4 is 10.6 Å². The van der Waals surface area contributed by atoms with Crippen LogP contribution in [0, 0.1) is 0 Å². The molecule has 0 aliphatic carbocycles. The van der Waals surface area contributed by atoms with Crippen molar-refractivity contribution in [3.05, 3.63) is 0 Å². The fourth-order valence-corrected chi connectivity index (χ4v) is 2.09. The molecule has 0 spiro atoms. The van der Waals surface area contributed by atoms with Gasteiger partial charge in [-0.15, -0.1) is 0 Å². The predicted molar refractivity (Wildman–Crippen MR) is 71.0 cm³/mol. The number of likely N-dealkylation sites (N-methyl/N-ethyl adjacent to an activating group) is 1. The van der Waals surface area contributed by atoms with Crippen LogP contribution >= 0.6 is 0 Å². The zero-order valence-corrected chi connectivity index (χ0v) is 11.5. The van der Waals surface area contributed by atoms with Crippen molar-refractivity contribution in [1.29, 1.82) is 0 Å². The van der Waals surface area contributed by atoms with E-state index in [2.05, 4.69) is 36.4 Å². The molecule has 0 aromatic rings. The molecule has 4 nitrogen and oxygen atoms in total. The molecule has 1 heterocycles. The van der Waals surface area contributed by atoms with Crippen molar-refractivity contribution in [3.63, 3.8) is 0 Å². The Hall–Kier alpha value is -0.610. The van der Waals surface area contributed by atoms with Gasteiger partial charge in [0.2, 0.25) is 5.91 Å². The summed E-state index contributed by atoms with van der Waals surface area (Å²) in [7, 11) is 2.11. The molecule has 1 unspecified atom stereocenters. The summed E-state index contributed by atoms with van der Waals surface area (Å²) >= 11 is 0. The molecule has 2 atom stereocenters. The first-order chi connectivity index (χ1) is 8.15. The smallest absolute Gasteiger partial charge is 0.237 e. The van der Waals surface area contributed by atoms with Gasteiger partial charge in [-0.05, 0) is 39.8 Å². The summed E-state index contributed by atoms with van der Waals surface area (Å²) in [6, 6.07) is 0.623. The number of nitrogens with one attached hydrogen (secondary N) is 2. The Kier molecular flexibility index (Phi) is 6.52. The lowest BCUT2D eigenvalue weighted by Gasteiger charge is -2.25. The number of carbonyl (C=O) groups is 1. The van der Waals surface area contributed by atoms with Crippen LogP contribution in [-0.2, 0) is 4.79 Å². The van der Waals surface area contributed by atoms with Crippen LogP contribution in [0.2, 0.25) is 0 Å². The van der Waals surface area contributed by atoms with E-state index in [1.165, 1.54) is 6.42 Å². The van der Waals surface area contributed by atoms with Crippen molar-refractivity contribution >= 4 is 5.91 Å². The molecule has 1 aliphatic rings. The molecule has 100 valence electrons. The van der Waals surface area contributed by atoms with E-state index in [1.807, 2.05) is 0 Å². The largest absolute Gasteiger partial charge is 0.353 e. The zero-order valence-electron chi connectivity index (χ0n) is 11.5. The number of rotatable bonds is 6. The highest BCUT2D eigenvalue weighted by Gasteiger charge is 2.19. The maximum absolute atomic E-state index is 11.8. The predicted octanol–water partition coefficient (Wildman–Crippen LogP) is 0.975. The van der Waals surface area contributed by atoms with Gasteiger partial charge in [0.25, 0.3) is 0 Å². The third-order valence-electron chi connectivity index (χ3n) is 3.73. The van der Waals surface area contributed by atoms with E-state index in [1.54, 1.807) is 0 Å². The monoisotopic (exact) mass is 241 g/mol. The lowest BCUT2D eigenvalue weighted by Crippen LogP contribution is -2.48. The first-order valence-corrected chi connectivity index (χ1v) is 6.86. The fraction of sp³-hybridized carbons (Fsp3) is 0.923. The summed E-state index contributed by atoms with van der Waals surface area (Å²) in [6.45, 7) is 7.05. The normalized spacial score (nSPS) is 22.5. The number of hydrogen-bond donors (Lipinski definition) is 2. The van der Waals surface area contributed by atoms with Gasteiger partial charge in [-0.3, -0.25) is 4.79 Å². The molecule has 1 fully saturated rings. The highest BCUT2D eigenvalue weighted by molar-refractivity contribution is 5.81. The average Bonchev–Trinajstić information content (AvgIpc) is 2.38. The number of amides is 1. The Morgan fingerprint density at radius 1 is 1.53 bits per heavy atom. The van der Waals surface area contributed by atoms with Crippen molar-refractivity contribution in [2.45, 2.75) is 51.6 Å². The lowest BCUT2D eigenvalue weighted by atomic mass is 10.0. The molecular weight excluding hydrogens is 214 g/mol. The maximum Gasteiger partial charge on any atom is 0.237 e. The second-order valence-electron chi connectivity index (χ2n) is 5.03. The minimum absolute atomic E-state index is 0.0395. The van der Waals surface area contributed by atoms with Gasteiger partial charge in [-0.1, -0.05) is 13.3 Å². The first-order valence-electron chi connectivity index (χ1n) is 6.86. The third kappa shape index (κ3) is 5.04. The number of hydrogen-bond acceptors (Lipinski definition) is 3. The van der Waals surface area contributed by atoms with Gasteiger partial charge in [-0.25, -0.2) is 0 Å². The second-order valence-corrected chi connectivity index (χ2v) is 5.03. The van der Waals surface area contributed by atoms with Crippen LogP contribution in [0.25, 0.3) is 0 Å². The van der Waals surface area contributed by atoms with Crippen molar-refractivity contribution < 1.29 is 4.79 Å². The Labute approximate surface area is 105 Å².